The van der Waals surface area contributed by atoms with Gasteiger partial charge in [-0.1, -0.05) is 28.7 Å². The monoisotopic (exact) mass is 231 g/mol. The van der Waals surface area contributed by atoms with E-state index in [9.17, 15) is 0 Å². The first-order chi connectivity index (χ1) is 5.15. The lowest BCUT2D eigenvalue weighted by Crippen LogP contribution is -1.89. The molecule has 60 valence electrons. The third kappa shape index (κ3) is 1.91. The van der Waals surface area contributed by atoms with Crippen LogP contribution in [0.5, 0.6) is 0 Å². The predicted molar refractivity (Wildman–Crippen MR) is 56.2 cm³/mol. The van der Waals surface area contributed by atoms with Crippen molar-refractivity contribution in [2.75, 3.05) is 4.72 Å². The maximum atomic E-state index is 4.02. The molecule has 3 heteroatoms. The van der Waals surface area contributed by atoms with Gasteiger partial charge in [0.2, 0.25) is 0 Å². The Kier molecular flexibility index (Phi) is 2.84. The maximum absolute atomic E-state index is 4.02. The summed E-state index contributed by atoms with van der Waals surface area (Å²) in [6.45, 7) is 4.10. The SMILES string of the molecule is Cc1cc(Br)cc(C)c1NS. The number of anilines is 1. The van der Waals surface area contributed by atoms with Crippen molar-refractivity contribution in [1.29, 1.82) is 0 Å². The van der Waals surface area contributed by atoms with Crippen molar-refractivity contribution in [2.24, 2.45) is 0 Å². The lowest BCUT2D eigenvalue weighted by molar-refractivity contribution is 1.37. The average Bonchev–Trinajstić information content (AvgIpc) is 1.85. The summed E-state index contributed by atoms with van der Waals surface area (Å²) in [5, 5.41) is 0. The third-order valence-corrected chi connectivity index (χ3v) is 2.29. The summed E-state index contributed by atoms with van der Waals surface area (Å²) in [5.41, 5.74) is 3.50. The van der Waals surface area contributed by atoms with Gasteiger partial charge in [-0.2, -0.15) is 0 Å². The van der Waals surface area contributed by atoms with E-state index in [-0.39, 0.29) is 0 Å². The highest BCUT2D eigenvalue weighted by atomic mass is 79.9. The number of halogens is 1. The molecule has 0 amide bonds. The van der Waals surface area contributed by atoms with Gasteiger partial charge in [0, 0.05) is 10.2 Å². The van der Waals surface area contributed by atoms with Crippen LogP contribution in [0.15, 0.2) is 16.6 Å². The fourth-order valence-corrected chi connectivity index (χ4v) is 2.13. The fraction of sp³-hybridized carbons (Fsp3) is 0.250. The van der Waals surface area contributed by atoms with Crippen LogP contribution in [0.25, 0.3) is 0 Å². The lowest BCUT2D eigenvalue weighted by Gasteiger charge is -2.08. The molecule has 0 aromatic heterocycles. The third-order valence-electron chi connectivity index (χ3n) is 1.61. The summed E-state index contributed by atoms with van der Waals surface area (Å²) in [6.07, 6.45) is 0. The first-order valence-corrected chi connectivity index (χ1v) is 4.56. The summed E-state index contributed by atoms with van der Waals surface area (Å²) in [7, 11) is 0. The van der Waals surface area contributed by atoms with Crippen LogP contribution in [0.1, 0.15) is 11.1 Å². The standard InChI is InChI=1S/C8H10BrNS/c1-5-3-7(9)4-6(2)8(5)10-11/h3-4,10-11H,1-2H3. The molecular weight excluding hydrogens is 222 g/mol. The van der Waals surface area contributed by atoms with Crippen molar-refractivity contribution >= 4 is 34.4 Å². The molecule has 0 spiro atoms. The zero-order valence-corrected chi connectivity index (χ0v) is 8.96. The van der Waals surface area contributed by atoms with Crippen LogP contribution >= 0.6 is 28.7 Å². The number of hydrogen-bond acceptors (Lipinski definition) is 2. The van der Waals surface area contributed by atoms with Crippen LogP contribution in [-0.4, -0.2) is 0 Å². The number of hydrogen-bond donors (Lipinski definition) is 2. The van der Waals surface area contributed by atoms with E-state index in [1.165, 1.54) is 11.1 Å². The molecule has 0 aliphatic heterocycles. The molecule has 1 nitrogen and oxygen atoms in total. The van der Waals surface area contributed by atoms with Gasteiger partial charge in [0.1, 0.15) is 0 Å². The van der Waals surface area contributed by atoms with E-state index in [0.717, 1.165) is 10.2 Å². The second-order valence-corrected chi connectivity index (χ2v) is 3.67. The number of benzene rings is 1. The van der Waals surface area contributed by atoms with Crippen molar-refractivity contribution in [1.82, 2.24) is 0 Å². The van der Waals surface area contributed by atoms with Crippen LogP contribution in [0.3, 0.4) is 0 Å². The zero-order chi connectivity index (χ0) is 8.43. The molecule has 0 fully saturated rings. The Hall–Kier alpha value is -0.150. The van der Waals surface area contributed by atoms with E-state index in [1.807, 2.05) is 0 Å². The molecule has 0 aliphatic rings. The summed E-state index contributed by atoms with van der Waals surface area (Å²) in [5.74, 6) is 0. The smallest absolute Gasteiger partial charge is 0.0497 e. The van der Waals surface area contributed by atoms with Gasteiger partial charge in [-0.3, -0.25) is 0 Å². The minimum Gasteiger partial charge on any atom is -0.332 e. The molecule has 0 bridgehead atoms. The normalized spacial score (nSPS) is 9.82. The summed E-state index contributed by atoms with van der Waals surface area (Å²) < 4.78 is 3.98. The number of rotatable bonds is 1. The molecule has 1 rings (SSSR count). The summed E-state index contributed by atoms with van der Waals surface area (Å²) in [4.78, 5) is 0. The van der Waals surface area contributed by atoms with E-state index in [1.54, 1.807) is 0 Å². The van der Waals surface area contributed by atoms with E-state index in [0.29, 0.717) is 0 Å². The Morgan fingerprint density at radius 3 is 2.09 bits per heavy atom. The lowest BCUT2D eigenvalue weighted by atomic mass is 10.1. The molecule has 1 N–H and O–H groups in total. The number of thiol groups is 1. The van der Waals surface area contributed by atoms with Gasteiger partial charge in [-0.05, 0) is 37.1 Å². The topological polar surface area (TPSA) is 12.0 Å². The average molecular weight is 232 g/mol. The molecule has 0 heterocycles. The highest BCUT2D eigenvalue weighted by Crippen LogP contribution is 2.25. The number of aryl methyl sites for hydroxylation is 2. The molecular formula is C8H10BrNS. The Morgan fingerprint density at radius 1 is 1.27 bits per heavy atom. The molecule has 0 saturated heterocycles. The molecule has 0 saturated carbocycles. The molecule has 11 heavy (non-hydrogen) atoms. The van der Waals surface area contributed by atoms with Crippen LogP contribution in [0, 0.1) is 13.8 Å². The van der Waals surface area contributed by atoms with Gasteiger partial charge in [0.05, 0.1) is 0 Å². The van der Waals surface area contributed by atoms with E-state index >= 15 is 0 Å². The highest BCUT2D eigenvalue weighted by molar-refractivity contribution is 9.10. The largest absolute Gasteiger partial charge is 0.332 e. The van der Waals surface area contributed by atoms with Crippen molar-refractivity contribution in [2.45, 2.75) is 13.8 Å². The van der Waals surface area contributed by atoms with Crippen LogP contribution < -0.4 is 4.72 Å². The maximum Gasteiger partial charge on any atom is 0.0497 e. The first-order valence-electron chi connectivity index (χ1n) is 3.32. The molecule has 0 radical (unpaired) electrons. The zero-order valence-electron chi connectivity index (χ0n) is 6.48. The van der Waals surface area contributed by atoms with Crippen molar-refractivity contribution in [3.8, 4) is 0 Å². The van der Waals surface area contributed by atoms with Crippen LogP contribution in [0.4, 0.5) is 5.69 Å². The van der Waals surface area contributed by atoms with Gasteiger partial charge in [0.25, 0.3) is 0 Å². The highest BCUT2D eigenvalue weighted by Gasteiger charge is 2.00. The van der Waals surface area contributed by atoms with Gasteiger partial charge in [-0.15, -0.1) is 0 Å². The molecule has 1 aromatic carbocycles. The molecule has 0 atom stereocenters. The van der Waals surface area contributed by atoms with Gasteiger partial charge in [0.15, 0.2) is 0 Å². The molecule has 0 aliphatic carbocycles. The van der Waals surface area contributed by atoms with Crippen molar-refractivity contribution in [3.05, 3.63) is 27.7 Å². The Bertz CT molecular complexity index is 250. The summed E-state index contributed by atoms with van der Waals surface area (Å²) in [6, 6.07) is 4.12. The Balaban J connectivity index is 3.25. The van der Waals surface area contributed by atoms with Crippen molar-refractivity contribution in [3.63, 3.8) is 0 Å². The minimum atomic E-state index is 1.09. The summed E-state index contributed by atoms with van der Waals surface area (Å²) >= 11 is 7.44. The van der Waals surface area contributed by atoms with Gasteiger partial charge in [-0.25, -0.2) is 0 Å². The quantitative estimate of drug-likeness (QED) is 0.708. The Labute approximate surface area is 80.9 Å². The minimum absolute atomic E-state index is 1.09. The second kappa shape index (κ2) is 3.50. The molecule has 1 aromatic rings. The second-order valence-electron chi connectivity index (χ2n) is 2.53. The predicted octanol–water partition coefficient (Wildman–Crippen LogP) is 3.32. The number of nitrogens with one attached hydrogen (secondary N) is 1. The Morgan fingerprint density at radius 2 is 1.73 bits per heavy atom. The van der Waals surface area contributed by atoms with Gasteiger partial charge < -0.3 is 4.72 Å². The first kappa shape index (κ1) is 8.94. The van der Waals surface area contributed by atoms with Crippen molar-refractivity contribution < 1.29 is 0 Å². The van der Waals surface area contributed by atoms with Crippen LogP contribution in [0.2, 0.25) is 0 Å². The fourth-order valence-electron chi connectivity index (χ4n) is 1.09. The van der Waals surface area contributed by atoms with E-state index < -0.39 is 0 Å². The van der Waals surface area contributed by atoms with Crippen LogP contribution in [-0.2, 0) is 0 Å². The van der Waals surface area contributed by atoms with Gasteiger partial charge >= 0.3 is 0 Å². The van der Waals surface area contributed by atoms with E-state index in [2.05, 4.69) is 59.4 Å². The van der Waals surface area contributed by atoms with E-state index in [4.69, 9.17) is 0 Å². The molecule has 0 unspecified atom stereocenters.